The predicted molar refractivity (Wildman–Crippen MR) is 91.0 cm³/mol. The molecule has 0 spiro atoms. The maximum absolute atomic E-state index is 6.27. The third-order valence-corrected chi connectivity index (χ3v) is 5.35. The van der Waals surface area contributed by atoms with Gasteiger partial charge in [0.15, 0.2) is 0 Å². The lowest BCUT2D eigenvalue weighted by Gasteiger charge is -2.42. The lowest BCUT2D eigenvalue weighted by molar-refractivity contribution is 0.0883. The molecule has 122 valence electrons. The molecule has 1 unspecified atom stereocenters. The van der Waals surface area contributed by atoms with E-state index in [2.05, 4.69) is 43.0 Å². The van der Waals surface area contributed by atoms with Gasteiger partial charge >= 0.3 is 0 Å². The first kappa shape index (κ1) is 15.8. The number of rotatable bonds is 4. The van der Waals surface area contributed by atoms with Crippen LogP contribution in [0.25, 0.3) is 0 Å². The summed E-state index contributed by atoms with van der Waals surface area (Å²) in [6.45, 7) is 7.68. The Kier molecular flexibility index (Phi) is 4.74. The molecule has 1 aliphatic carbocycles. The average molecular weight is 302 g/mol. The van der Waals surface area contributed by atoms with Gasteiger partial charge < -0.3 is 10.5 Å². The van der Waals surface area contributed by atoms with Gasteiger partial charge in [0, 0.05) is 31.2 Å². The lowest BCUT2D eigenvalue weighted by Crippen LogP contribution is -2.52. The van der Waals surface area contributed by atoms with Gasteiger partial charge in [-0.05, 0) is 43.6 Å². The van der Waals surface area contributed by atoms with Crippen molar-refractivity contribution in [2.45, 2.75) is 64.6 Å². The summed E-state index contributed by atoms with van der Waals surface area (Å²) in [5.74, 6) is 1.09. The summed E-state index contributed by atoms with van der Waals surface area (Å²) < 4.78 is 6.27. The van der Waals surface area contributed by atoms with E-state index in [0.29, 0.717) is 12.1 Å². The van der Waals surface area contributed by atoms with E-state index in [4.69, 9.17) is 10.5 Å². The number of benzene rings is 1. The molecule has 0 aromatic heterocycles. The Morgan fingerprint density at radius 1 is 1.18 bits per heavy atom. The van der Waals surface area contributed by atoms with Crippen LogP contribution in [0.15, 0.2) is 24.3 Å². The molecule has 0 bridgehead atoms. The van der Waals surface area contributed by atoms with Crippen LogP contribution < -0.4 is 10.5 Å². The number of ether oxygens (including phenoxy) is 1. The first-order valence-electron chi connectivity index (χ1n) is 8.77. The van der Waals surface area contributed by atoms with Crippen LogP contribution in [0.2, 0.25) is 0 Å². The number of hydrogen-bond donors (Lipinski definition) is 1. The van der Waals surface area contributed by atoms with Crippen molar-refractivity contribution < 1.29 is 4.74 Å². The summed E-state index contributed by atoms with van der Waals surface area (Å²) in [4.78, 5) is 2.53. The number of hydrogen-bond acceptors (Lipinski definition) is 3. The molecule has 0 radical (unpaired) electrons. The van der Waals surface area contributed by atoms with E-state index in [1.165, 1.54) is 31.2 Å². The summed E-state index contributed by atoms with van der Waals surface area (Å²) >= 11 is 0. The van der Waals surface area contributed by atoms with Gasteiger partial charge in [-0.2, -0.15) is 0 Å². The zero-order chi connectivity index (χ0) is 15.6. The molecule has 2 aliphatic rings. The second-order valence-corrected chi connectivity index (χ2v) is 7.73. The summed E-state index contributed by atoms with van der Waals surface area (Å²) in [6, 6.07) is 8.87. The van der Waals surface area contributed by atoms with Crippen molar-refractivity contribution >= 4 is 0 Å². The van der Waals surface area contributed by atoms with Gasteiger partial charge in [0.05, 0.1) is 6.10 Å². The standard InChI is InChI=1S/C19H30N2O/c1-19(2)14-21(12-11-18(19)20)13-15-7-3-6-10-17(15)22-16-8-4-5-9-16/h3,6-7,10,16,18H,4-5,8-9,11-14,20H2,1-2H3. The quantitative estimate of drug-likeness (QED) is 0.924. The second-order valence-electron chi connectivity index (χ2n) is 7.73. The molecule has 3 heteroatoms. The van der Waals surface area contributed by atoms with Crippen LogP contribution in [0.4, 0.5) is 0 Å². The highest BCUT2D eigenvalue weighted by Crippen LogP contribution is 2.31. The Labute approximate surface area is 134 Å². The van der Waals surface area contributed by atoms with Crippen LogP contribution in [0, 0.1) is 5.41 Å². The number of piperidine rings is 1. The van der Waals surface area contributed by atoms with Crippen LogP contribution in [0.1, 0.15) is 51.5 Å². The third-order valence-electron chi connectivity index (χ3n) is 5.35. The van der Waals surface area contributed by atoms with Gasteiger partial charge in [0.25, 0.3) is 0 Å². The normalized spacial score (nSPS) is 26.2. The Morgan fingerprint density at radius 3 is 2.64 bits per heavy atom. The van der Waals surface area contributed by atoms with E-state index >= 15 is 0 Å². The molecule has 3 rings (SSSR count). The number of likely N-dealkylation sites (tertiary alicyclic amines) is 1. The fourth-order valence-corrected chi connectivity index (χ4v) is 3.80. The molecule has 0 amide bonds. The van der Waals surface area contributed by atoms with Gasteiger partial charge in [0.2, 0.25) is 0 Å². The molecular formula is C19H30N2O. The first-order valence-corrected chi connectivity index (χ1v) is 8.77. The SMILES string of the molecule is CC1(C)CN(Cc2ccccc2OC2CCCC2)CCC1N. The Hall–Kier alpha value is -1.06. The molecule has 2 N–H and O–H groups in total. The lowest BCUT2D eigenvalue weighted by atomic mass is 9.79. The third kappa shape index (κ3) is 3.64. The predicted octanol–water partition coefficient (Wildman–Crippen LogP) is 3.57. The van der Waals surface area contributed by atoms with E-state index in [9.17, 15) is 0 Å². The summed E-state index contributed by atoms with van der Waals surface area (Å²) in [5.41, 5.74) is 7.77. The fraction of sp³-hybridized carbons (Fsp3) is 0.684. The Morgan fingerprint density at radius 2 is 1.91 bits per heavy atom. The van der Waals surface area contributed by atoms with E-state index < -0.39 is 0 Å². The monoisotopic (exact) mass is 302 g/mol. The van der Waals surface area contributed by atoms with Crippen molar-refractivity contribution in [2.75, 3.05) is 13.1 Å². The molecule has 2 fully saturated rings. The van der Waals surface area contributed by atoms with E-state index in [1.807, 2.05) is 0 Å². The summed E-state index contributed by atoms with van der Waals surface area (Å²) in [7, 11) is 0. The van der Waals surface area contributed by atoms with Crippen molar-refractivity contribution in [3.8, 4) is 5.75 Å². The van der Waals surface area contributed by atoms with E-state index in [-0.39, 0.29) is 5.41 Å². The topological polar surface area (TPSA) is 38.5 Å². The van der Waals surface area contributed by atoms with Gasteiger partial charge in [-0.1, -0.05) is 32.0 Å². The van der Waals surface area contributed by atoms with Gasteiger partial charge in [0.1, 0.15) is 5.75 Å². The van der Waals surface area contributed by atoms with E-state index in [0.717, 1.165) is 31.8 Å². The Balaban J connectivity index is 1.67. The number of nitrogens with zero attached hydrogens (tertiary/aromatic N) is 1. The molecule has 1 atom stereocenters. The minimum absolute atomic E-state index is 0.194. The molecule has 1 aliphatic heterocycles. The van der Waals surface area contributed by atoms with Crippen LogP contribution in [0.3, 0.4) is 0 Å². The van der Waals surface area contributed by atoms with Crippen molar-refractivity contribution in [2.24, 2.45) is 11.1 Å². The van der Waals surface area contributed by atoms with Gasteiger partial charge in [-0.15, -0.1) is 0 Å². The average Bonchev–Trinajstić information content (AvgIpc) is 2.98. The first-order chi connectivity index (χ1) is 10.5. The molecule has 22 heavy (non-hydrogen) atoms. The van der Waals surface area contributed by atoms with Gasteiger partial charge in [-0.25, -0.2) is 0 Å². The van der Waals surface area contributed by atoms with Crippen LogP contribution >= 0.6 is 0 Å². The summed E-state index contributed by atoms with van der Waals surface area (Å²) in [6.07, 6.45) is 6.54. The molecule has 3 nitrogen and oxygen atoms in total. The Bertz CT molecular complexity index is 494. The minimum Gasteiger partial charge on any atom is -0.490 e. The van der Waals surface area contributed by atoms with Crippen molar-refractivity contribution in [3.05, 3.63) is 29.8 Å². The number of nitrogens with two attached hydrogens (primary N) is 1. The van der Waals surface area contributed by atoms with Gasteiger partial charge in [-0.3, -0.25) is 4.90 Å². The van der Waals surface area contributed by atoms with Crippen LogP contribution in [-0.4, -0.2) is 30.1 Å². The highest BCUT2D eigenvalue weighted by atomic mass is 16.5. The maximum Gasteiger partial charge on any atom is 0.124 e. The molecule has 1 aromatic rings. The maximum atomic E-state index is 6.27. The fourth-order valence-electron chi connectivity index (χ4n) is 3.80. The minimum atomic E-state index is 0.194. The summed E-state index contributed by atoms with van der Waals surface area (Å²) in [5, 5.41) is 0. The highest BCUT2D eigenvalue weighted by molar-refractivity contribution is 5.33. The highest BCUT2D eigenvalue weighted by Gasteiger charge is 2.33. The van der Waals surface area contributed by atoms with Crippen LogP contribution in [0.5, 0.6) is 5.75 Å². The second kappa shape index (κ2) is 6.59. The van der Waals surface area contributed by atoms with E-state index in [1.54, 1.807) is 0 Å². The van der Waals surface area contributed by atoms with Crippen molar-refractivity contribution in [3.63, 3.8) is 0 Å². The van der Waals surface area contributed by atoms with Crippen LogP contribution in [-0.2, 0) is 6.54 Å². The zero-order valence-electron chi connectivity index (χ0n) is 14.1. The largest absolute Gasteiger partial charge is 0.490 e. The molecule has 1 aromatic carbocycles. The van der Waals surface area contributed by atoms with Crippen molar-refractivity contribution in [1.82, 2.24) is 4.90 Å². The molecule has 1 saturated carbocycles. The smallest absolute Gasteiger partial charge is 0.124 e. The van der Waals surface area contributed by atoms with Crippen molar-refractivity contribution in [1.29, 1.82) is 0 Å². The molecule has 1 saturated heterocycles. The molecular weight excluding hydrogens is 272 g/mol. The zero-order valence-corrected chi connectivity index (χ0v) is 14.1. The molecule has 1 heterocycles. The number of para-hydroxylation sites is 1.